The van der Waals surface area contributed by atoms with Crippen LogP contribution in [0.5, 0.6) is 0 Å². The Hall–Kier alpha value is -2.67. The predicted molar refractivity (Wildman–Crippen MR) is 105 cm³/mol. The third kappa shape index (κ3) is 3.77. The van der Waals surface area contributed by atoms with E-state index in [4.69, 9.17) is 0 Å². The summed E-state index contributed by atoms with van der Waals surface area (Å²) in [5.41, 5.74) is 3.10. The smallest absolute Gasteiger partial charge is 0.271 e. The minimum Gasteiger partial charge on any atom is -0.343 e. The van der Waals surface area contributed by atoms with Gasteiger partial charge in [0.2, 0.25) is 5.91 Å². The van der Waals surface area contributed by atoms with Crippen LogP contribution in [0.2, 0.25) is 0 Å². The van der Waals surface area contributed by atoms with E-state index in [2.05, 4.69) is 10.3 Å². The third-order valence-electron chi connectivity index (χ3n) is 3.89. The highest BCUT2D eigenvalue weighted by Gasteiger charge is 2.16. The van der Waals surface area contributed by atoms with Gasteiger partial charge in [0.25, 0.3) is 5.91 Å². The van der Waals surface area contributed by atoms with Gasteiger partial charge in [-0.1, -0.05) is 26.0 Å². The number of rotatable bonds is 5. The molecule has 136 valence electrons. The summed E-state index contributed by atoms with van der Waals surface area (Å²) in [5.74, 6) is 0.289. The molecule has 0 radical (unpaired) electrons. The Kier molecular flexibility index (Phi) is 5.08. The number of fused-ring (bicyclic) bond motifs is 1. The zero-order valence-corrected chi connectivity index (χ0v) is 16.1. The maximum atomic E-state index is 12.2. The number of amides is 2. The van der Waals surface area contributed by atoms with E-state index in [1.165, 1.54) is 11.3 Å². The second-order valence-electron chi connectivity index (χ2n) is 6.82. The van der Waals surface area contributed by atoms with Gasteiger partial charge in [0.15, 0.2) is 4.96 Å². The number of hydrogen-bond donors (Lipinski definition) is 1. The molecule has 2 amide bonds. The van der Waals surface area contributed by atoms with Crippen LogP contribution in [-0.2, 0) is 4.79 Å². The molecule has 0 aliphatic heterocycles. The van der Waals surface area contributed by atoms with Crippen LogP contribution in [0.25, 0.3) is 16.2 Å². The fraction of sp³-hybridized carbons (Fsp3) is 0.316. The standard InChI is InChI=1S/C19H22N4O2S/c1-12(2)9-17(24)20-14-7-5-13(6-8-14)15-10-23-16(18(25)22(3)4)11-26-19(23)21-15/h5-8,10-12H,9H2,1-4H3,(H,20,24). The van der Waals surface area contributed by atoms with Crippen molar-refractivity contribution in [2.75, 3.05) is 19.4 Å². The summed E-state index contributed by atoms with van der Waals surface area (Å²) in [6, 6.07) is 7.58. The summed E-state index contributed by atoms with van der Waals surface area (Å²) < 4.78 is 1.82. The van der Waals surface area contributed by atoms with Crippen molar-refractivity contribution in [2.45, 2.75) is 20.3 Å². The third-order valence-corrected chi connectivity index (χ3v) is 4.73. The lowest BCUT2D eigenvalue weighted by Crippen LogP contribution is -2.22. The molecule has 1 N–H and O–H groups in total. The van der Waals surface area contributed by atoms with Crippen molar-refractivity contribution >= 4 is 33.8 Å². The van der Waals surface area contributed by atoms with E-state index in [1.807, 2.05) is 54.1 Å². The van der Waals surface area contributed by atoms with Crippen molar-refractivity contribution in [3.63, 3.8) is 0 Å². The average molecular weight is 370 g/mol. The Morgan fingerprint density at radius 2 is 1.92 bits per heavy atom. The van der Waals surface area contributed by atoms with Gasteiger partial charge in [0, 0.05) is 43.3 Å². The normalized spacial score (nSPS) is 11.1. The van der Waals surface area contributed by atoms with Crippen molar-refractivity contribution in [3.05, 3.63) is 41.5 Å². The summed E-state index contributed by atoms with van der Waals surface area (Å²) in [7, 11) is 3.46. The summed E-state index contributed by atoms with van der Waals surface area (Å²) in [6.07, 6.45) is 2.37. The largest absolute Gasteiger partial charge is 0.343 e. The van der Waals surface area contributed by atoms with Crippen LogP contribution in [0.3, 0.4) is 0 Å². The lowest BCUT2D eigenvalue weighted by Gasteiger charge is -2.08. The van der Waals surface area contributed by atoms with Gasteiger partial charge in [-0.2, -0.15) is 0 Å². The van der Waals surface area contributed by atoms with E-state index in [-0.39, 0.29) is 11.8 Å². The van der Waals surface area contributed by atoms with E-state index >= 15 is 0 Å². The van der Waals surface area contributed by atoms with Gasteiger partial charge >= 0.3 is 0 Å². The molecule has 0 aliphatic carbocycles. The molecule has 0 saturated heterocycles. The Labute approximate surface area is 156 Å². The number of imidazole rings is 1. The van der Waals surface area contributed by atoms with Crippen LogP contribution in [0.1, 0.15) is 30.8 Å². The lowest BCUT2D eigenvalue weighted by atomic mass is 10.1. The molecule has 6 nitrogen and oxygen atoms in total. The van der Waals surface area contributed by atoms with E-state index in [0.717, 1.165) is 21.9 Å². The van der Waals surface area contributed by atoms with Crippen molar-refractivity contribution in [1.82, 2.24) is 14.3 Å². The van der Waals surface area contributed by atoms with Crippen LogP contribution in [0.15, 0.2) is 35.8 Å². The van der Waals surface area contributed by atoms with Crippen molar-refractivity contribution in [3.8, 4) is 11.3 Å². The highest BCUT2D eigenvalue weighted by Crippen LogP contribution is 2.25. The van der Waals surface area contributed by atoms with E-state index in [9.17, 15) is 9.59 Å². The summed E-state index contributed by atoms with van der Waals surface area (Å²) >= 11 is 1.44. The topological polar surface area (TPSA) is 66.7 Å². The first-order chi connectivity index (χ1) is 12.3. The highest BCUT2D eigenvalue weighted by molar-refractivity contribution is 7.15. The monoisotopic (exact) mass is 370 g/mol. The van der Waals surface area contributed by atoms with Crippen molar-refractivity contribution in [2.24, 2.45) is 5.92 Å². The maximum Gasteiger partial charge on any atom is 0.271 e. The van der Waals surface area contributed by atoms with Gasteiger partial charge in [-0.25, -0.2) is 4.98 Å². The molecular formula is C19H22N4O2S. The fourth-order valence-electron chi connectivity index (χ4n) is 2.61. The zero-order valence-electron chi connectivity index (χ0n) is 15.3. The van der Waals surface area contributed by atoms with Gasteiger partial charge in [-0.05, 0) is 18.1 Å². The Balaban J connectivity index is 1.81. The number of thiazole rings is 1. The Bertz CT molecular complexity index is 938. The highest BCUT2D eigenvalue weighted by atomic mass is 32.1. The van der Waals surface area contributed by atoms with Crippen LogP contribution >= 0.6 is 11.3 Å². The van der Waals surface area contributed by atoms with Crippen LogP contribution < -0.4 is 5.32 Å². The van der Waals surface area contributed by atoms with E-state index < -0.39 is 0 Å². The van der Waals surface area contributed by atoms with Crippen LogP contribution in [-0.4, -0.2) is 40.2 Å². The minimum absolute atomic E-state index is 0.0158. The van der Waals surface area contributed by atoms with Crippen LogP contribution in [0, 0.1) is 5.92 Å². The Morgan fingerprint density at radius 3 is 2.54 bits per heavy atom. The van der Waals surface area contributed by atoms with E-state index in [1.54, 1.807) is 19.0 Å². The second kappa shape index (κ2) is 7.29. The van der Waals surface area contributed by atoms with Crippen LogP contribution in [0.4, 0.5) is 5.69 Å². The maximum absolute atomic E-state index is 12.2. The molecule has 0 bridgehead atoms. The number of nitrogens with zero attached hydrogens (tertiary/aromatic N) is 3. The number of aromatic nitrogens is 2. The zero-order chi connectivity index (χ0) is 18.8. The van der Waals surface area contributed by atoms with Gasteiger partial charge in [0.1, 0.15) is 5.69 Å². The molecular weight excluding hydrogens is 348 g/mol. The molecule has 1 aromatic carbocycles. The molecule has 0 atom stereocenters. The molecule has 0 saturated carbocycles. The number of anilines is 1. The van der Waals surface area contributed by atoms with E-state index in [0.29, 0.717) is 18.0 Å². The molecule has 26 heavy (non-hydrogen) atoms. The first-order valence-corrected chi connectivity index (χ1v) is 9.31. The fourth-order valence-corrected chi connectivity index (χ4v) is 3.46. The lowest BCUT2D eigenvalue weighted by molar-refractivity contribution is -0.116. The van der Waals surface area contributed by atoms with Crippen molar-refractivity contribution in [1.29, 1.82) is 0 Å². The molecule has 3 aromatic rings. The average Bonchev–Trinajstić information content (AvgIpc) is 3.14. The van der Waals surface area contributed by atoms with Gasteiger partial charge < -0.3 is 10.2 Å². The summed E-state index contributed by atoms with van der Waals surface area (Å²) in [4.78, 5) is 31.0. The number of carbonyl (C=O) groups excluding carboxylic acids is 2. The SMILES string of the molecule is CC(C)CC(=O)Nc1ccc(-c2cn3c(C(=O)N(C)C)csc3n2)cc1. The molecule has 7 heteroatoms. The molecule has 0 aliphatic rings. The minimum atomic E-state index is -0.0524. The number of hydrogen-bond acceptors (Lipinski definition) is 4. The number of carbonyl (C=O) groups is 2. The first kappa shape index (κ1) is 18.1. The number of nitrogens with one attached hydrogen (secondary N) is 1. The first-order valence-electron chi connectivity index (χ1n) is 8.43. The number of benzene rings is 1. The predicted octanol–water partition coefficient (Wildman–Crippen LogP) is 3.75. The second-order valence-corrected chi connectivity index (χ2v) is 7.66. The van der Waals surface area contributed by atoms with Gasteiger partial charge in [-0.3, -0.25) is 14.0 Å². The van der Waals surface area contributed by atoms with Gasteiger partial charge in [0.05, 0.1) is 5.69 Å². The molecule has 0 fully saturated rings. The molecule has 2 aromatic heterocycles. The Morgan fingerprint density at radius 1 is 1.23 bits per heavy atom. The molecule has 3 rings (SSSR count). The summed E-state index contributed by atoms with van der Waals surface area (Å²) in [6.45, 7) is 4.03. The summed E-state index contributed by atoms with van der Waals surface area (Å²) in [5, 5.41) is 4.72. The molecule has 0 unspecified atom stereocenters. The molecule has 0 spiro atoms. The van der Waals surface area contributed by atoms with Crippen molar-refractivity contribution < 1.29 is 9.59 Å². The van der Waals surface area contributed by atoms with Gasteiger partial charge in [-0.15, -0.1) is 11.3 Å². The quantitative estimate of drug-likeness (QED) is 0.744. The molecule has 2 heterocycles.